The van der Waals surface area contributed by atoms with Crippen molar-refractivity contribution in [1.82, 2.24) is 9.29 Å². The predicted octanol–water partition coefficient (Wildman–Crippen LogP) is 3.68. The highest BCUT2D eigenvalue weighted by molar-refractivity contribution is 7.89. The van der Waals surface area contributed by atoms with Crippen molar-refractivity contribution in [2.24, 2.45) is 0 Å². The molecule has 1 amide bonds. The smallest absolute Gasteiger partial charge is 0.243 e. The van der Waals surface area contributed by atoms with E-state index >= 15 is 0 Å². The molecule has 0 aliphatic carbocycles. The van der Waals surface area contributed by atoms with E-state index in [1.807, 2.05) is 30.3 Å². The number of halogens is 1. The summed E-state index contributed by atoms with van der Waals surface area (Å²) in [5.74, 6) is -0.355. The molecule has 1 aromatic heterocycles. The molecule has 8 heteroatoms. The molecule has 0 spiro atoms. The maximum atomic E-state index is 13.0. The summed E-state index contributed by atoms with van der Waals surface area (Å²) in [6, 6.07) is 14.6. The Labute approximate surface area is 168 Å². The van der Waals surface area contributed by atoms with Crippen LogP contribution in [0, 0.1) is 0 Å². The molecule has 1 saturated heterocycles. The number of carbonyl (C=O) groups is 1. The lowest BCUT2D eigenvalue weighted by Gasteiger charge is -2.23. The van der Waals surface area contributed by atoms with Crippen LogP contribution in [0.15, 0.2) is 65.7 Å². The van der Waals surface area contributed by atoms with Crippen LogP contribution in [-0.2, 0) is 14.8 Å². The molecule has 1 aliphatic heterocycles. The molecule has 6 nitrogen and oxygen atoms in total. The monoisotopic (exact) mass is 415 g/mol. The molecule has 1 fully saturated rings. The Bertz CT molecular complexity index is 1130. The van der Waals surface area contributed by atoms with Gasteiger partial charge in [-0.15, -0.1) is 0 Å². The van der Waals surface area contributed by atoms with Gasteiger partial charge >= 0.3 is 0 Å². The van der Waals surface area contributed by atoms with E-state index in [2.05, 4.69) is 10.3 Å². The quantitative estimate of drug-likeness (QED) is 0.704. The van der Waals surface area contributed by atoms with Crippen LogP contribution < -0.4 is 5.32 Å². The number of rotatable bonds is 4. The first-order chi connectivity index (χ1) is 13.4. The van der Waals surface area contributed by atoms with Crippen molar-refractivity contribution in [3.05, 3.63) is 65.8 Å². The molecule has 3 aromatic rings. The summed E-state index contributed by atoms with van der Waals surface area (Å²) in [5, 5.41) is 4.17. The van der Waals surface area contributed by atoms with Crippen LogP contribution in [0.3, 0.4) is 0 Å². The molecule has 2 heterocycles. The van der Waals surface area contributed by atoms with Crippen LogP contribution in [0.25, 0.3) is 10.9 Å². The Balaban J connectivity index is 1.56. The highest BCUT2D eigenvalue weighted by Crippen LogP contribution is 2.28. The minimum atomic E-state index is -3.78. The number of anilines is 1. The number of sulfonamides is 1. The number of aromatic nitrogens is 1. The van der Waals surface area contributed by atoms with Crippen LogP contribution in [0.5, 0.6) is 0 Å². The molecule has 0 bridgehead atoms. The number of hydrogen-bond acceptors (Lipinski definition) is 4. The summed E-state index contributed by atoms with van der Waals surface area (Å²) in [4.78, 5) is 17.3. The Morgan fingerprint density at radius 2 is 1.89 bits per heavy atom. The van der Waals surface area contributed by atoms with Crippen molar-refractivity contribution in [2.75, 3.05) is 11.9 Å². The number of hydrogen-bond donors (Lipinski definition) is 1. The van der Waals surface area contributed by atoms with E-state index in [0.29, 0.717) is 30.1 Å². The summed E-state index contributed by atoms with van der Waals surface area (Å²) in [6.45, 7) is 0.305. The molecule has 0 radical (unpaired) electrons. The predicted molar refractivity (Wildman–Crippen MR) is 109 cm³/mol. The number of nitrogens with one attached hydrogen (secondary N) is 1. The van der Waals surface area contributed by atoms with Gasteiger partial charge in [-0.25, -0.2) is 8.42 Å². The highest BCUT2D eigenvalue weighted by atomic mass is 35.5. The van der Waals surface area contributed by atoms with Gasteiger partial charge in [0.2, 0.25) is 15.9 Å². The molecule has 1 N–H and O–H groups in total. The molecular weight excluding hydrogens is 398 g/mol. The number of fused-ring (bicyclic) bond motifs is 1. The van der Waals surface area contributed by atoms with Crippen molar-refractivity contribution < 1.29 is 13.2 Å². The first kappa shape index (κ1) is 18.9. The van der Waals surface area contributed by atoms with E-state index in [0.717, 1.165) is 10.9 Å². The van der Waals surface area contributed by atoms with Crippen molar-refractivity contribution in [3.8, 4) is 0 Å². The van der Waals surface area contributed by atoms with Gasteiger partial charge in [-0.3, -0.25) is 9.78 Å². The normalized spacial score (nSPS) is 17.7. The number of benzene rings is 2. The summed E-state index contributed by atoms with van der Waals surface area (Å²) in [5.41, 5.74) is 1.37. The number of pyridine rings is 1. The van der Waals surface area contributed by atoms with Gasteiger partial charge in [0.05, 0.1) is 22.3 Å². The number of nitrogens with zero attached hydrogens (tertiary/aromatic N) is 2. The van der Waals surface area contributed by atoms with Crippen molar-refractivity contribution in [2.45, 2.75) is 23.8 Å². The zero-order valence-corrected chi connectivity index (χ0v) is 16.4. The van der Waals surface area contributed by atoms with Gasteiger partial charge in [-0.1, -0.05) is 29.8 Å². The van der Waals surface area contributed by atoms with Crippen LogP contribution in [0.4, 0.5) is 5.69 Å². The second-order valence-electron chi connectivity index (χ2n) is 6.63. The van der Waals surface area contributed by atoms with Gasteiger partial charge in [-0.2, -0.15) is 4.31 Å². The van der Waals surface area contributed by atoms with E-state index in [9.17, 15) is 13.2 Å². The Morgan fingerprint density at radius 1 is 1.14 bits per heavy atom. The lowest BCUT2D eigenvalue weighted by atomic mass is 10.2. The lowest BCUT2D eigenvalue weighted by Crippen LogP contribution is -2.43. The third-order valence-corrected chi connectivity index (χ3v) is 6.96. The SMILES string of the molecule is O=C(Nc1cnc2ccccc2c1)C1CCCN1S(=O)(=O)c1ccc(Cl)cc1. The van der Waals surface area contributed by atoms with Gasteiger partial charge in [0.15, 0.2) is 0 Å². The second kappa shape index (κ2) is 7.50. The molecule has 144 valence electrons. The fraction of sp³-hybridized carbons (Fsp3) is 0.200. The second-order valence-corrected chi connectivity index (χ2v) is 8.96. The number of carbonyl (C=O) groups excluding carboxylic acids is 1. The lowest BCUT2D eigenvalue weighted by molar-refractivity contribution is -0.119. The van der Waals surface area contributed by atoms with Crippen molar-refractivity contribution in [3.63, 3.8) is 0 Å². The molecule has 28 heavy (non-hydrogen) atoms. The van der Waals surface area contributed by atoms with Gasteiger partial charge in [0.25, 0.3) is 0 Å². The van der Waals surface area contributed by atoms with E-state index in [1.165, 1.54) is 28.6 Å². The van der Waals surface area contributed by atoms with Gasteiger partial charge in [0.1, 0.15) is 6.04 Å². The van der Waals surface area contributed by atoms with Gasteiger partial charge in [0, 0.05) is 17.0 Å². The van der Waals surface area contributed by atoms with Crippen LogP contribution >= 0.6 is 11.6 Å². The largest absolute Gasteiger partial charge is 0.323 e. The molecule has 0 saturated carbocycles. The van der Waals surface area contributed by atoms with Crippen LogP contribution in [0.1, 0.15) is 12.8 Å². The van der Waals surface area contributed by atoms with Crippen molar-refractivity contribution in [1.29, 1.82) is 0 Å². The Hall–Kier alpha value is -2.48. The summed E-state index contributed by atoms with van der Waals surface area (Å²) >= 11 is 5.85. The molecule has 2 aromatic carbocycles. The topological polar surface area (TPSA) is 79.4 Å². The minimum Gasteiger partial charge on any atom is -0.323 e. The first-order valence-corrected chi connectivity index (χ1v) is 10.7. The average molecular weight is 416 g/mol. The summed E-state index contributed by atoms with van der Waals surface area (Å²) < 4.78 is 27.2. The molecular formula is C20H18ClN3O3S. The summed E-state index contributed by atoms with van der Waals surface area (Å²) in [6.07, 6.45) is 2.67. The van der Waals surface area contributed by atoms with Crippen LogP contribution in [0.2, 0.25) is 5.02 Å². The van der Waals surface area contributed by atoms with E-state index in [-0.39, 0.29) is 10.8 Å². The third-order valence-electron chi connectivity index (χ3n) is 4.78. The number of amides is 1. The standard InChI is InChI=1S/C20H18ClN3O3S/c21-15-7-9-17(10-8-15)28(26,27)24-11-3-6-19(24)20(25)23-16-12-14-4-1-2-5-18(14)22-13-16/h1-2,4-5,7-10,12-13,19H,3,6,11H2,(H,23,25). The van der Waals surface area contributed by atoms with E-state index in [4.69, 9.17) is 11.6 Å². The highest BCUT2D eigenvalue weighted by Gasteiger charge is 2.39. The van der Waals surface area contributed by atoms with E-state index < -0.39 is 16.1 Å². The van der Waals surface area contributed by atoms with Gasteiger partial charge < -0.3 is 5.32 Å². The van der Waals surface area contributed by atoms with E-state index in [1.54, 1.807) is 6.20 Å². The zero-order chi connectivity index (χ0) is 19.7. The molecule has 1 unspecified atom stereocenters. The van der Waals surface area contributed by atoms with Crippen LogP contribution in [-0.4, -0.2) is 36.2 Å². The minimum absolute atomic E-state index is 0.129. The maximum absolute atomic E-state index is 13.0. The fourth-order valence-electron chi connectivity index (χ4n) is 3.40. The van der Waals surface area contributed by atoms with Gasteiger partial charge in [-0.05, 0) is 49.2 Å². The maximum Gasteiger partial charge on any atom is 0.243 e. The summed E-state index contributed by atoms with van der Waals surface area (Å²) in [7, 11) is -3.78. The molecule has 4 rings (SSSR count). The van der Waals surface area contributed by atoms with Crippen molar-refractivity contribution >= 4 is 44.1 Å². The molecule has 1 aliphatic rings. The average Bonchev–Trinajstić information content (AvgIpc) is 3.19. The Morgan fingerprint density at radius 3 is 2.68 bits per heavy atom. The third kappa shape index (κ3) is 3.61. The fourth-order valence-corrected chi connectivity index (χ4v) is 5.18. The first-order valence-electron chi connectivity index (χ1n) is 8.88. The Kier molecular flexibility index (Phi) is 5.05. The molecule has 1 atom stereocenters. The zero-order valence-electron chi connectivity index (χ0n) is 14.9. The number of para-hydroxylation sites is 1.